The van der Waals surface area contributed by atoms with Gasteiger partial charge in [0.05, 0.1) is 5.56 Å². The Labute approximate surface area is 124 Å². The second kappa shape index (κ2) is 6.95. The van der Waals surface area contributed by atoms with E-state index in [1.54, 1.807) is 0 Å². The summed E-state index contributed by atoms with van der Waals surface area (Å²) in [6.07, 6.45) is 4.02. The zero-order valence-electron chi connectivity index (χ0n) is 11.0. The summed E-state index contributed by atoms with van der Waals surface area (Å²) in [7, 11) is 0. The largest absolute Gasteiger partial charge is 0.447 e. The quantitative estimate of drug-likeness (QED) is 0.661. The highest BCUT2D eigenvalue weighted by Gasteiger charge is 2.32. The number of alkyl halides is 3. The van der Waals surface area contributed by atoms with Crippen molar-refractivity contribution in [2.75, 3.05) is 19.6 Å². The van der Waals surface area contributed by atoms with E-state index in [0.717, 1.165) is 25.1 Å². The number of halogens is 3. The second-order valence-electron chi connectivity index (χ2n) is 4.40. The van der Waals surface area contributed by atoms with Crippen LogP contribution < -0.4 is 10.6 Å². The number of hydrogen-bond donors (Lipinski definition) is 2. The molecule has 114 valence electrons. The van der Waals surface area contributed by atoms with Gasteiger partial charge in [-0.2, -0.15) is 13.2 Å². The molecule has 1 aromatic rings. The lowest BCUT2D eigenvalue weighted by atomic mass is 10.1. The third-order valence-electron chi connectivity index (χ3n) is 2.86. The zero-order valence-corrected chi connectivity index (χ0v) is 11.9. The van der Waals surface area contributed by atoms with Crippen molar-refractivity contribution >= 4 is 17.7 Å². The predicted octanol–water partition coefficient (Wildman–Crippen LogP) is 2.34. The van der Waals surface area contributed by atoms with Crippen molar-refractivity contribution in [2.45, 2.75) is 17.0 Å². The van der Waals surface area contributed by atoms with Crippen LogP contribution in [0.2, 0.25) is 0 Å². The van der Waals surface area contributed by atoms with Gasteiger partial charge in [0.1, 0.15) is 5.03 Å². The molecule has 0 unspecified atom stereocenters. The van der Waals surface area contributed by atoms with E-state index < -0.39 is 11.4 Å². The summed E-state index contributed by atoms with van der Waals surface area (Å²) in [6, 6.07) is 2.78. The van der Waals surface area contributed by atoms with Gasteiger partial charge in [-0.1, -0.05) is 11.6 Å². The molecule has 0 saturated carbocycles. The fourth-order valence-corrected chi connectivity index (χ4v) is 2.48. The summed E-state index contributed by atoms with van der Waals surface area (Å²) in [5.41, 5.74) is -3.47. The minimum Gasteiger partial charge on any atom is -0.348 e. The first-order chi connectivity index (χ1) is 9.96. The van der Waals surface area contributed by atoms with E-state index in [-0.39, 0.29) is 22.4 Å². The van der Waals surface area contributed by atoms with Crippen molar-refractivity contribution in [3.05, 3.63) is 35.5 Å². The maximum absolute atomic E-state index is 12.4. The molecule has 4 nitrogen and oxygen atoms in total. The molecule has 0 fully saturated rings. The van der Waals surface area contributed by atoms with Gasteiger partial charge in [0.25, 0.3) is 5.91 Å². The normalized spacial score (nSPS) is 15.5. The van der Waals surface area contributed by atoms with E-state index in [9.17, 15) is 18.0 Å². The first-order valence-corrected chi connectivity index (χ1v) is 7.15. The molecule has 2 N–H and O–H groups in total. The smallest absolute Gasteiger partial charge is 0.348 e. The van der Waals surface area contributed by atoms with Crippen molar-refractivity contribution < 1.29 is 18.0 Å². The fraction of sp³-hybridized carbons (Fsp3) is 0.385. The van der Waals surface area contributed by atoms with E-state index in [1.807, 2.05) is 6.08 Å². The van der Waals surface area contributed by atoms with Gasteiger partial charge in [-0.3, -0.25) is 4.79 Å². The second-order valence-corrected chi connectivity index (χ2v) is 5.46. The number of aromatic nitrogens is 1. The first kappa shape index (κ1) is 15.8. The monoisotopic (exact) mass is 317 g/mol. The molecule has 0 bridgehead atoms. The van der Waals surface area contributed by atoms with E-state index in [2.05, 4.69) is 15.6 Å². The Morgan fingerprint density at radius 3 is 2.95 bits per heavy atom. The summed E-state index contributed by atoms with van der Waals surface area (Å²) in [5.74, 6) is -0.547. The van der Waals surface area contributed by atoms with E-state index in [0.29, 0.717) is 6.54 Å². The van der Waals surface area contributed by atoms with Crippen molar-refractivity contribution in [1.82, 2.24) is 15.6 Å². The summed E-state index contributed by atoms with van der Waals surface area (Å²) < 4.78 is 37.3. The van der Waals surface area contributed by atoms with Crippen LogP contribution in [-0.2, 0) is 0 Å². The van der Waals surface area contributed by atoms with Crippen LogP contribution in [0.25, 0.3) is 0 Å². The standard InChI is InChI=1S/C13H14F3N3OS/c14-13(15,16)21-12-10(2-1-5-18-12)11(20)19-8-9-3-6-17-7-4-9/h1-3,5,17H,4,6-8H2,(H,19,20). The lowest BCUT2D eigenvalue weighted by Crippen LogP contribution is -2.30. The number of thioether (sulfide) groups is 1. The maximum Gasteiger partial charge on any atom is 0.447 e. The van der Waals surface area contributed by atoms with Crippen LogP contribution in [0.5, 0.6) is 0 Å². The van der Waals surface area contributed by atoms with Crippen LogP contribution in [0.3, 0.4) is 0 Å². The number of amides is 1. The highest BCUT2D eigenvalue weighted by molar-refractivity contribution is 8.00. The molecule has 21 heavy (non-hydrogen) atoms. The van der Waals surface area contributed by atoms with Gasteiger partial charge >= 0.3 is 5.51 Å². The molecule has 0 aliphatic carbocycles. The molecule has 0 spiro atoms. The van der Waals surface area contributed by atoms with Crippen LogP contribution in [0.4, 0.5) is 13.2 Å². The minimum atomic E-state index is -4.47. The Balaban J connectivity index is 2.03. The molecule has 0 aromatic carbocycles. The number of pyridine rings is 1. The van der Waals surface area contributed by atoms with Crippen molar-refractivity contribution in [3.63, 3.8) is 0 Å². The van der Waals surface area contributed by atoms with Crippen LogP contribution in [0.1, 0.15) is 16.8 Å². The molecule has 0 radical (unpaired) electrons. The molecule has 1 aromatic heterocycles. The van der Waals surface area contributed by atoms with Crippen molar-refractivity contribution in [1.29, 1.82) is 0 Å². The molecule has 1 aliphatic heterocycles. The predicted molar refractivity (Wildman–Crippen MR) is 74.1 cm³/mol. The lowest BCUT2D eigenvalue weighted by molar-refractivity contribution is -0.0329. The first-order valence-electron chi connectivity index (χ1n) is 6.33. The van der Waals surface area contributed by atoms with Crippen LogP contribution in [0, 0.1) is 0 Å². The number of hydrogen-bond acceptors (Lipinski definition) is 4. The third kappa shape index (κ3) is 5.05. The van der Waals surface area contributed by atoms with Crippen LogP contribution in [-0.4, -0.2) is 36.0 Å². The van der Waals surface area contributed by atoms with Gasteiger partial charge in [-0.05, 0) is 25.1 Å². The van der Waals surface area contributed by atoms with E-state index in [1.165, 1.54) is 18.3 Å². The summed E-state index contributed by atoms with van der Waals surface area (Å²) in [6.45, 7) is 1.92. The highest BCUT2D eigenvalue weighted by Crippen LogP contribution is 2.37. The van der Waals surface area contributed by atoms with Crippen LogP contribution >= 0.6 is 11.8 Å². The van der Waals surface area contributed by atoms with E-state index >= 15 is 0 Å². The van der Waals surface area contributed by atoms with E-state index in [4.69, 9.17) is 0 Å². The molecule has 1 amide bonds. The highest BCUT2D eigenvalue weighted by atomic mass is 32.2. The zero-order chi connectivity index (χ0) is 15.3. The topological polar surface area (TPSA) is 54.0 Å². The number of nitrogens with one attached hydrogen (secondary N) is 2. The molecule has 0 saturated heterocycles. The minimum absolute atomic E-state index is 0.0608. The number of nitrogens with zero attached hydrogens (tertiary/aromatic N) is 1. The Morgan fingerprint density at radius 1 is 1.48 bits per heavy atom. The van der Waals surface area contributed by atoms with Gasteiger partial charge in [0.2, 0.25) is 0 Å². The van der Waals surface area contributed by atoms with Crippen LogP contribution in [0.15, 0.2) is 35.0 Å². The summed E-state index contributed by atoms with van der Waals surface area (Å²) in [5, 5.41) is 5.45. The Kier molecular flexibility index (Phi) is 5.24. The molecular weight excluding hydrogens is 303 g/mol. The average Bonchev–Trinajstić information content (AvgIpc) is 2.45. The molecule has 1 aliphatic rings. The fourth-order valence-electron chi connectivity index (χ4n) is 1.87. The third-order valence-corrected chi connectivity index (χ3v) is 3.61. The van der Waals surface area contributed by atoms with Gasteiger partial charge in [0.15, 0.2) is 0 Å². The molecule has 0 atom stereocenters. The average molecular weight is 317 g/mol. The summed E-state index contributed by atoms with van der Waals surface area (Å²) in [4.78, 5) is 15.7. The molecule has 2 heterocycles. The number of carbonyl (C=O) groups excluding carboxylic acids is 1. The van der Waals surface area contributed by atoms with Gasteiger partial charge in [-0.25, -0.2) is 4.98 Å². The summed E-state index contributed by atoms with van der Waals surface area (Å²) >= 11 is -0.379. The number of carbonyl (C=O) groups is 1. The Bertz CT molecular complexity index is 546. The SMILES string of the molecule is O=C(NCC1=CCNCC1)c1cccnc1SC(F)(F)F. The Morgan fingerprint density at radius 2 is 2.29 bits per heavy atom. The maximum atomic E-state index is 12.4. The molecule has 2 rings (SSSR count). The molecular formula is C13H14F3N3OS. The van der Waals surface area contributed by atoms with Gasteiger partial charge in [0, 0.05) is 31.0 Å². The van der Waals surface area contributed by atoms with Crippen molar-refractivity contribution in [3.8, 4) is 0 Å². The lowest BCUT2D eigenvalue weighted by Gasteiger charge is -2.15. The van der Waals surface area contributed by atoms with Gasteiger partial charge < -0.3 is 10.6 Å². The van der Waals surface area contributed by atoms with Crippen molar-refractivity contribution in [2.24, 2.45) is 0 Å². The number of rotatable bonds is 4. The molecule has 8 heteroatoms. The Hall–Kier alpha value is -1.54. The van der Waals surface area contributed by atoms with Gasteiger partial charge in [-0.15, -0.1) is 0 Å².